The molecule has 1 aromatic carbocycles. The van der Waals surface area contributed by atoms with Crippen LogP contribution in [0.25, 0.3) is 11.1 Å². The van der Waals surface area contributed by atoms with Crippen molar-refractivity contribution in [1.29, 1.82) is 5.26 Å². The lowest BCUT2D eigenvalue weighted by atomic mass is 10.2. The molecule has 0 fully saturated rings. The number of hydrogen-bond acceptors (Lipinski definition) is 5. The Labute approximate surface area is 111 Å². The third-order valence-corrected chi connectivity index (χ3v) is 2.73. The van der Waals surface area contributed by atoms with E-state index < -0.39 is 0 Å². The fourth-order valence-electron chi connectivity index (χ4n) is 2.00. The lowest BCUT2D eigenvalue weighted by molar-refractivity contribution is -0.119. The Hall–Kier alpha value is -2.19. The number of aryl methyl sites for hydroxylation is 1. The van der Waals surface area contributed by atoms with Crippen molar-refractivity contribution in [2.45, 2.75) is 19.9 Å². The molecule has 0 spiro atoms. The molecule has 0 aliphatic carbocycles. The second-order valence-corrected chi connectivity index (χ2v) is 4.58. The molecule has 0 N–H and O–H groups in total. The van der Waals surface area contributed by atoms with E-state index in [0.29, 0.717) is 12.4 Å². The molecule has 0 radical (unpaired) electrons. The molecule has 0 unspecified atom stereocenters. The van der Waals surface area contributed by atoms with Crippen LogP contribution >= 0.6 is 0 Å². The normalized spacial score (nSPS) is 10.8. The van der Waals surface area contributed by atoms with Crippen molar-refractivity contribution < 1.29 is 9.21 Å². The largest absolute Gasteiger partial charge is 0.441 e. The van der Waals surface area contributed by atoms with Gasteiger partial charge in [0.15, 0.2) is 17.3 Å². The third-order valence-electron chi connectivity index (χ3n) is 2.73. The molecule has 2 aromatic rings. The van der Waals surface area contributed by atoms with Gasteiger partial charge in [-0.15, -0.1) is 0 Å². The standard InChI is InChI=1S/C14H15N3O2/c1-10-16-13-7-11(3-4-14(13)19-10)8-17(2)9-12(18)5-6-15/h3-4,7H,5,8-9H2,1-2H3. The van der Waals surface area contributed by atoms with Crippen LogP contribution in [0.5, 0.6) is 0 Å². The van der Waals surface area contributed by atoms with Crippen molar-refractivity contribution in [2.75, 3.05) is 13.6 Å². The Balaban J connectivity index is 2.04. The molecule has 1 heterocycles. The number of carbonyl (C=O) groups is 1. The maximum Gasteiger partial charge on any atom is 0.192 e. The van der Waals surface area contributed by atoms with Crippen molar-refractivity contribution in [1.82, 2.24) is 9.88 Å². The van der Waals surface area contributed by atoms with Crippen molar-refractivity contribution in [3.63, 3.8) is 0 Å². The average Bonchev–Trinajstić information content (AvgIpc) is 2.68. The van der Waals surface area contributed by atoms with E-state index >= 15 is 0 Å². The summed E-state index contributed by atoms with van der Waals surface area (Å²) >= 11 is 0. The van der Waals surface area contributed by atoms with Crippen LogP contribution in [0.1, 0.15) is 17.9 Å². The molecule has 98 valence electrons. The second kappa shape index (κ2) is 5.63. The fourth-order valence-corrected chi connectivity index (χ4v) is 2.00. The molecular weight excluding hydrogens is 242 g/mol. The van der Waals surface area contributed by atoms with Gasteiger partial charge in [-0.2, -0.15) is 5.26 Å². The number of oxazole rings is 1. The Kier molecular flexibility index (Phi) is 3.93. The van der Waals surface area contributed by atoms with Crippen LogP contribution in [0, 0.1) is 18.3 Å². The number of rotatable bonds is 5. The zero-order chi connectivity index (χ0) is 13.8. The summed E-state index contributed by atoms with van der Waals surface area (Å²) in [7, 11) is 1.85. The van der Waals surface area contributed by atoms with Gasteiger partial charge in [0.1, 0.15) is 5.52 Å². The Morgan fingerprint density at radius 1 is 1.53 bits per heavy atom. The van der Waals surface area contributed by atoms with Crippen LogP contribution in [0.3, 0.4) is 0 Å². The molecule has 0 aliphatic heterocycles. The van der Waals surface area contributed by atoms with Crippen molar-refractivity contribution in [3.05, 3.63) is 29.7 Å². The van der Waals surface area contributed by atoms with Gasteiger partial charge in [0.25, 0.3) is 0 Å². The predicted octanol–water partition coefficient (Wildman–Crippen LogP) is 2.05. The van der Waals surface area contributed by atoms with Gasteiger partial charge >= 0.3 is 0 Å². The zero-order valence-corrected chi connectivity index (χ0v) is 11.0. The van der Waals surface area contributed by atoms with Gasteiger partial charge in [-0.25, -0.2) is 4.98 Å². The van der Waals surface area contributed by atoms with Crippen molar-refractivity contribution in [2.24, 2.45) is 0 Å². The highest BCUT2D eigenvalue weighted by atomic mass is 16.3. The van der Waals surface area contributed by atoms with E-state index in [1.54, 1.807) is 0 Å². The molecule has 1 aromatic heterocycles. The highest BCUT2D eigenvalue weighted by molar-refractivity contribution is 5.82. The summed E-state index contributed by atoms with van der Waals surface area (Å²) in [6, 6.07) is 7.66. The van der Waals surface area contributed by atoms with Gasteiger partial charge < -0.3 is 4.42 Å². The zero-order valence-electron chi connectivity index (χ0n) is 11.0. The minimum Gasteiger partial charge on any atom is -0.441 e. The molecular formula is C14H15N3O2. The van der Waals surface area contributed by atoms with Crippen LogP contribution in [-0.2, 0) is 11.3 Å². The first-order chi connectivity index (χ1) is 9.08. The van der Waals surface area contributed by atoms with Gasteiger partial charge in [0.05, 0.1) is 19.0 Å². The van der Waals surface area contributed by atoms with Gasteiger partial charge in [-0.1, -0.05) is 6.07 Å². The van der Waals surface area contributed by atoms with E-state index in [2.05, 4.69) is 4.98 Å². The van der Waals surface area contributed by atoms with Crippen LogP contribution in [-0.4, -0.2) is 29.3 Å². The van der Waals surface area contributed by atoms with Gasteiger partial charge in [-0.05, 0) is 24.7 Å². The van der Waals surface area contributed by atoms with Gasteiger partial charge in [0, 0.05) is 13.5 Å². The number of fused-ring (bicyclic) bond motifs is 1. The van der Waals surface area contributed by atoms with Crippen LogP contribution in [0.15, 0.2) is 22.6 Å². The fraction of sp³-hybridized carbons (Fsp3) is 0.357. The van der Waals surface area contributed by atoms with E-state index in [0.717, 1.165) is 16.7 Å². The molecule has 5 nitrogen and oxygen atoms in total. The Morgan fingerprint density at radius 3 is 3.05 bits per heavy atom. The number of nitriles is 1. The lowest BCUT2D eigenvalue weighted by Gasteiger charge is -2.14. The van der Waals surface area contributed by atoms with E-state index in [1.165, 1.54) is 0 Å². The number of hydrogen-bond donors (Lipinski definition) is 0. The highest BCUT2D eigenvalue weighted by Crippen LogP contribution is 2.17. The molecule has 5 heteroatoms. The van der Waals surface area contributed by atoms with Crippen LogP contribution < -0.4 is 0 Å². The van der Waals surface area contributed by atoms with E-state index in [-0.39, 0.29) is 18.7 Å². The number of carbonyl (C=O) groups excluding carboxylic acids is 1. The number of likely N-dealkylation sites (N-methyl/N-ethyl adjacent to an activating group) is 1. The number of aromatic nitrogens is 1. The molecule has 0 aliphatic rings. The third kappa shape index (κ3) is 3.39. The topological polar surface area (TPSA) is 70.1 Å². The second-order valence-electron chi connectivity index (χ2n) is 4.58. The SMILES string of the molecule is Cc1nc2cc(CN(C)CC(=O)CC#N)ccc2o1. The summed E-state index contributed by atoms with van der Waals surface area (Å²) < 4.78 is 5.41. The first-order valence-electron chi connectivity index (χ1n) is 6.02. The smallest absolute Gasteiger partial charge is 0.192 e. The van der Waals surface area contributed by atoms with Crippen LogP contribution in [0.2, 0.25) is 0 Å². The first-order valence-corrected chi connectivity index (χ1v) is 6.02. The molecule has 19 heavy (non-hydrogen) atoms. The number of Topliss-reactive ketones (excluding diaryl/α,β-unsaturated/α-hetero) is 1. The predicted molar refractivity (Wildman–Crippen MR) is 70.3 cm³/mol. The number of benzene rings is 1. The number of nitrogens with zero attached hydrogens (tertiary/aromatic N) is 3. The molecule has 2 rings (SSSR count). The minimum absolute atomic E-state index is 0.0359. The van der Waals surface area contributed by atoms with E-state index in [9.17, 15) is 4.79 Å². The van der Waals surface area contributed by atoms with Gasteiger partial charge in [-0.3, -0.25) is 9.69 Å². The number of ketones is 1. The Bertz CT molecular complexity index is 640. The van der Waals surface area contributed by atoms with Crippen LogP contribution in [0.4, 0.5) is 0 Å². The molecule has 0 saturated carbocycles. The maximum atomic E-state index is 11.4. The van der Waals surface area contributed by atoms with Crippen molar-refractivity contribution >= 4 is 16.9 Å². The summed E-state index contributed by atoms with van der Waals surface area (Å²) in [5.41, 5.74) is 2.66. The van der Waals surface area contributed by atoms with E-state index in [4.69, 9.17) is 9.68 Å². The Morgan fingerprint density at radius 2 is 2.32 bits per heavy atom. The van der Waals surface area contributed by atoms with E-state index in [1.807, 2.05) is 43.1 Å². The summed E-state index contributed by atoms with van der Waals surface area (Å²) in [5.74, 6) is 0.577. The minimum atomic E-state index is -0.0663. The highest BCUT2D eigenvalue weighted by Gasteiger charge is 2.08. The molecule has 0 amide bonds. The van der Waals surface area contributed by atoms with Crippen molar-refractivity contribution in [3.8, 4) is 6.07 Å². The monoisotopic (exact) mass is 257 g/mol. The lowest BCUT2D eigenvalue weighted by Crippen LogP contribution is -2.25. The molecule has 0 atom stereocenters. The molecule has 0 saturated heterocycles. The quantitative estimate of drug-likeness (QED) is 0.819. The summed E-state index contributed by atoms with van der Waals surface area (Å²) in [5, 5.41) is 8.45. The average molecular weight is 257 g/mol. The van der Waals surface area contributed by atoms with Gasteiger partial charge in [0.2, 0.25) is 0 Å². The summed E-state index contributed by atoms with van der Waals surface area (Å²) in [6.45, 7) is 2.73. The molecule has 0 bridgehead atoms. The summed E-state index contributed by atoms with van der Waals surface area (Å²) in [4.78, 5) is 17.5. The maximum absolute atomic E-state index is 11.4. The summed E-state index contributed by atoms with van der Waals surface area (Å²) in [6.07, 6.45) is -0.0359. The first kappa shape index (κ1) is 13.2.